The summed E-state index contributed by atoms with van der Waals surface area (Å²) in [5, 5.41) is 9.81. The molecule has 0 bridgehead atoms. The molecule has 2 saturated heterocycles. The number of piperidine rings is 1. The Kier molecular flexibility index (Phi) is 6.92. The van der Waals surface area contributed by atoms with Crippen LogP contribution in [0.15, 0.2) is 36.7 Å². The number of hydrogen-bond donors (Lipinski definition) is 0. The predicted molar refractivity (Wildman–Crippen MR) is 143 cm³/mol. The minimum absolute atomic E-state index is 0.0929. The Labute approximate surface area is 230 Å². The molecule has 0 saturated carbocycles. The van der Waals surface area contributed by atoms with Gasteiger partial charge in [-0.25, -0.2) is 9.97 Å². The molecule has 0 spiro atoms. The van der Waals surface area contributed by atoms with E-state index in [0.717, 1.165) is 37.3 Å². The SMILES string of the molecule is O=C(c1ccc(Cl)cc1Cl)N1CCC(c2nnc3n2C(C(=O)N2CCN(c4ncccn4)CC2)CC3)CC1. The molecule has 0 radical (unpaired) electrons. The molecular formula is C26H28Cl2N8O2. The second-order valence-corrected chi connectivity index (χ2v) is 10.8. The highest BCUT2D eigenvalue weighted by Gasteiger charge is 2.38. The molecule has 38 heavy (non-hydrogen) atoms. The van der Waals surface area contributed by atoms with Gasteiger partial charge in [0.25, 0.3) is 5.91 Å². The maximum atomic E-state index is 13.6. The van der Waals surface area contributed by atoms with Gasteiger partial charge in [-0.2, -0.15) is 0 Å². The van der Waals surface area contributed by atoms with Crippen LogP contribution in [-0.4, -0.2) is 85.6 Å². The van der Waals surface area contributed by atoms with Gasteiger partial charge in [-0.05, 0) is 43.5 Å². The number of anilines is 1. The van der Waals surface area contributed by atoms with Gasteiger partial charge in [-0.15, -0.1) is 10.2 Å². The first kappa shape index (κ1) is 25.1. The van der Waals surface area contributed by atoms with Gasteiger partial charge >= 0.3 is 0 Å². The number of benzene rings is 1. The van der Waals surface area contributed by atoms with Crippen LogP contribution in [0, 0.1) is 0 Å². The van der Waals surface area contributed by atoms with Gasteiger partial charge in [0.1, 0.15) is 17.7 Å². The molecule has 1 unspecified atom stereocenters. The van der Waals surface area contributed by atoms with Gasteiger partial charge in [-0.3, -0.25) is 9.59 Å². The topological polar surface area (TPSA) is 100 Å². The predicted octanol–water partition coefficient (Wildman–Crippen LogP) is 3.23. The number of aryl methyl sites for hydroxylation is 1. The highest BCUT2D eigenvalue weighted by molar-refractivity contribution is 6.36. The average Bonchev–Trinajstić information content (AvgIpc) is 3.56. The zero-order valence-corrected chi connectivity index (χ0v) is 22.4. The number of rotatable bonds is 4. The Hall–Kier alpha value is -3.24. The van der Waals surface area contributed by atoms with Crippen LogP contribution in [0.2, 0.25) is 10.0 Å². The summed E-state index contributed by atoms with van der Waals surface area (Å²) in [4.78, 5) is 41.2. The zero-order valence-electron chi connectivity index (χ0n) is 20.8. The van der Waals surface area contributed by atoms with Crippen molar-refractivity contribution in [3.05, 3.63) is 63.9 Å². The maximum absolute atomic E-state index is 13.6. The second-order valence-electron chi connectivity index (χ2n) is 9.95. The van der Waals surface area contributed by atoms with E-state index in [9.17, 15) is 9.59 Å². The van der Waals surface area contributed by atoms with Crippen molar-refractivity contribution >= 4 is 41.0 Å². The van der Waals surface area contributed by atoms with Crippen molar-refractivity contribution in [2.75, 3.05) is 44.2 Å². The molecule has 3 aromatic rings. The van der Waals surface area contributed by atoms with Gasteiger partial charge in [0, 0.05) is 69.0 Å². The minimum atomic E-state index is -0.276. The van der Waals surface area contributed by atoms with E-state index in [2.05, 4.69) is 29.6 Å². The Morgan fingerprint density at radius 2 is 1.61 bits per heavy atom. The van der Waals surface area contributed by atoms with E-state index in [0.29, 0.717) is 60.8 Å². The molecule has 12 heteroatoms. The fourth-order valence-corrected chi connectivity index (χ4v) is 6.21. The third kappa shape index (κ3) is 4.71. The van der Waals surface area contributed by atoms with Crippen LogP contribution in [-0.2, 0) is 11.2 Å². The van der Waals surface area contributed by atoms with Crippen molar-refractivity contribution in [3.63, 3.8) is 0 Å². The first-order valence-electron chi connectivity index (χ1n) is 13.0. The molecule has 1 aromatic carbocycles. The fourth-order valence-electron chi connectivity index (χ4n) is 5.72. The normalized spacial score (nSPS) is 20.1. The third-order valence-electron chi connectivity index (χ3n) is 7.77. The number of piperazine rings is 1. The second kappa shape index (κ2) is 10.5. The van der Waals surface area contributed by atoms with Crippen LogP contribution in [0.1, 0.15) is 53.2 Å². The van der Waals surface area contributed by atoms with E-state index in [1.54, 1.807) is 36.7 Å². The largest absolute Gasteiger partial charge is 0.339 e. The molecule has 1 atom stereocenters. The van der Waals surface area contributed by atoms with E-state index < -0.39 is 0 Å². The molecular weight excluding hydrogens is 527 g/mol. The van der Waals surface area contributed by atoms with Crippen LogP contribution in [0.3, 0.4) is 0 Å². The number of likely N-dealkylation sites (tertiary alicyclic amines) is 1. The lowest BCUT2D eigenvalue weighted by molar-refractivity contribution is -0.135. The smallest absolute Gasteiger partial charge is 0.255 e. The highest BCUT2D eigenvalue weighted by atomic mass is 35.5. The lowest BCUT2D eigenvalue weighted by Crippen LogP contribution is -2.51. The third-order valence-corrected chi connectivity index (χ3v) is 8.31. The van der Waals surface area contributed by atoms with Gasteiger partial charge in [0.05, 0.1) is 10.6 Å². The van der Waals surface area contributed by atoms with Crippen LogP contribution in [0.5, 0.6) is 0 Å². The summed E-state index contributed by atoms with van der Waals surface area (Å²) in [5.41, 5.74) is 0.461. The molecule has 3 aliphatic rings. The lowest BCUT2D eigenvalue weighted by atomic mass is 9.95. The number of fused-ring (bicyclic) bond motifs is 1. The molecule has 6 rings (SSSR count). The van der Waals surface area contributed by atoms with Gasteiger partial charge in [-0.1, -0.05) is 23.2 Å². The summed E-state index contributed by atoms with van der Waals surface area (Å²) in [7, 11) is 0. The molecule has 2 fully saturated rings. The maximum Gasteiger partial charge on any atom is 0.255 e. The number of hydrogen-bond acceptors (Lipinski definition) is 7. The summed E-state index contributed by atoms with van der Waals surface area (Å²) in [6.45, 7) is 3.85. The van der Waals surface area contributed by atoms with Crippen molar-refractivity contribution < 1.29 is 9.59 Å². The Morgan fingerprint density at radius 1 is 0.868 bits per heavy atom. The standard InChI is InChI=1S/C26H28Cl2N8O2/c27-18-2-3-19(20(28)16-18)24(37)33-10-6-17(7-11-33)23-32-31-22-5-4-21(36(22)23)25(38)34-12-14-35(15-13-34)26-29-8-1-9-30-26/h1-3,8-9,16-17,21H,4-7,10-15H2. The zero-order chi connectivity index (χ0) is 26.2. The highest BCUT2D eigenvalue weighted by Crippen LogP contribution is 2.35. The van der Waals surface area contributed by atoms with Gasteiger partial charge in [0.2, 0.25) is 11.9 Å². The summed E-state index contributed by atoms with van der Waals surface area (Å²) in [5.74, 6) is 2.62. The molecule has 0 aliphatic carbocycles. The Morgan fingerprint density at radius 3 is 2.32 bits per heavy atom. The number of amides is 2. The Balaban J connectivity index is 1.10. The number of halogens is 2. The molecule has 5 heterocycles. The van der Waals surface area contributed by atoms with E-state index in [4.69, 9.17) is 23.2 Å². The van der Waals surface area contributed by atoms with Crippen LogP contribution >= 0.6 is 23.2 Å². The van der Waals surface area contributed by atoms with Crippen molar-refractivity contribution in [3.8, 4) is 0 Å². The quantitative estimate of drug-likeness (QED) is 0.488. The Bertz CT molecular complexity index is 1330. The summed E-state index contributed by atoms with van der Waals surface area (Å²) in [6.07, 6.45) is 6.47. The number of aromatic nitrogens is 5. The number of carbonyl (C=O) groups is 2. The van der Waals surface area contributed by atoms with Crippen LogP contribution in [0.25, 0.3) is 0 Å². The average molecular weight is 555 g/mol. The van der Waals surface area contributed by atoms with Gasteiger partial charge in [0.15, 0.2) is 0 Å². The molecule has 3 aliphatic heterocycles. The van der Waals surface area contributed by atoms with E-state index in [-0.39, 0.29) is 23.8 Å². The van der Waals surface area contributed by atoms with Crippen molar-refractivity contribution in [1.29, 1.82) is 0 Å². The monoisotopic (exact) mass is 554 g/mol. The lowest BCUT2D eigenvalue weighted by Gasteiger charge is -2.36. The first-order chi connectivity index (χ1) is 18.5. The van der Waals surface area contributed by atoms with Crippen LogP contribution in [0.4, 0.5) is 5.95 Å². The summed E-state index contributed by atoms with van der Waals surface area (Å²) < 4.78 is 2.08. The molecule has 198 valence electrons. The molecule has 0 N–H and O–H groups in total. The minimum Gasteiger partial charge on any atom is -0.339 e. The van der Waals surface area contributed by atoms with E-state index >= 15 is 0 Å². The summed E-state index contributed by atoms with van der Waals surface area (Å²) in [6, 6.07) is 6.47. The number of carbonyl (C=O) groups excluding carboxylic acids is 2. The first-order valence-corrected chi connectivity index (χ1v) is 13.7. The molecule has 2 aromatic heterocycles. The van der Waals surface area contributed by atoms with Crippen molar-refractivity contribution in [2.45, 2.75) is 37.6 Å². The molecule has 2 amide bonds. The van der Waals surface area contributed by atoms with E-state index in [1.807, 2.05) is 9.80 Å². The summed E-state index contributed by atoms with van der Waals surface area (Å²) >= 11 is 12.3. The molecule has 10 nitrogen and oxygen atoms in total. The fraction of sp³-hybridized carbons (Fsp3) is 0.462. The van der Waals surface area contributed by atoms with Gasteiger partial charge < -0.3 is 19.3 Å². The number of nitrogens with zero attached hydrogens (tertiary/aromatic N) is 8. The van der Waals surface area contributed by atoms with Crippen LogP contribution < -0.4 is 4.90 Å². The van der Waals surface area contributed by atoms with E-state index in [1.165, 1.54) is 0 Å². The van der Waals surface area contributed by atoms with Crippen molar-refractivity contribution in [1.82, 2.24) is 34.5 Å². The van der Waals surface area contributed by atoms with Crippen molar-refractivity contribution in [2.24, 2.45) is 0 Å².